The van der Waals surface area contributed by atoms with Crippen molar-refractivity contribution in [2.45, 2.75) is 49.8 Å². The third-order valence-electron chi connectivity index (χ3n) is 4.47. The van der Waals surface area contributed by atoms with Crippen molar-refractivity contribution in [2.75, 3.05) is 19.8 Å². The predicted octanol–water partition coefficient (Wildman–Crippen LogP) is 1.58. The summed E-state index contributed by atoms with van der Waals surface area (Å²) >= 11 is 0. The van der Waals surface area contributed by atoms with Crippen LogP contribution in [0, 0.1) is 16.7 Å². The van der Waals surface area contributed by atoms with Crippen molar-refractivity contribution in [3.05, 3.63) is 0 Å². The van der Waals surface area contributed by atoms with Crippen LogP contribution in [0.15, 0.2) is 0 Å². The first-order valence-corrected chi connectivity index (χ1v) is 8.65. The normalized spacial score (nSPS) is 33.3. The minimum atomic E-state index is -3.07. The monoisotopic (exact) mass is 270 g/mol. The van der Waals surface area contributed by atoms with Gasteiger partial charge in [0.05, 0.1) is 16.7 Å². The molecule has 0 aromatic rings. The molecule has 2 rings (SSSR count). The summed E-state index contributed by atoms with van der Waals surface area (Å²) in [4.78, 5) is 2.22. The molecule has 0 N–H and O–H groups in total. The van der Waals surface area contributed by atoms with Crippen molar-refractivity contribution in [3.8, 4) is 6.07 Å². The van der Waals surface area contributed by atoms with Crippen LogP contribution in [0.3, 0.4) is 0 Å². The molecule has 2 unspecified atom stereocenters. The Morgan fingerprint density at radius 2 is 1.94 bits per heavy atom. The average Bonchev–Trinajstić information content (AvgIpc) is 3.05. The van der Waals surface area contributed by atoms with Crippen molar-refractivity contribution >= 4 is 9.84 Å². The summed E-state index contributed by atoms with van der Waals surface area (Å²) in [6, 6.07) is 2.79. The van der Waals surface area contributed by atoms with Crippen LogP contribution in [0.1, 0.15) is 38.5 Å². The van der Waals surface area contributed by atoms with E-state index in [0.29, 0.717) is 19.0 Å². The fraction of sp³-hybridized carbons (Fsp3) is 0.923. The molecule has 4 nitrogen and oxygen atoms in total. The Kier molecular flexibility index (Phi) is 3.70. The van der Waals surface area contributed by atoms with E-state index in [-0.39, 0.29) is 0 Å². The summed E-state index contributed by atoms with van der Waals surface area (Å²) in [6.45, 7) is 0.603. The molecule has 0 aliphatic heterocycles. The van der Waals surface area contributed by atoms with E-state index in [4.69, 9.17) is 0 Å². The van der Waals surface area contributed by atoms with Crippen molar-refractivity contribution in [2.24, 2.45) is 5.41 Å². The van der Waals surface area contributed by atoms with Crippen LogP contribution in [0.2, 0.25) is 0 Å². The zero-order valence-electron chi connectivity index (χ0n) is 11.2. The lowest BCUT2D eigenvalue weighted by atomic mass is 9.93. The minimum Gasteiger partial charge on any atom is -0.302 e. The Hall–Kier alpha value is -0.600. The van der Waals surface area contributed by atoms with Gasteiger partial charge in [0.15, 0.2) is 9.84 Å². The van der Waals surface area contributed by atoms with E-state index in [2.05, 4.69) is 11.0 Å². The Morgan fingerprint density at radius 3 is 2.39 bits per heavy atom. The van der Waals surface area contributed by atoms with Gasteiger partial charge in [-0.15, -0.1) is 0 Å². The van der Waals surface area contributed by atoms with E-state index >= 15 is 0 Å². The number of hydrogen-bond donors (Lipinski definition) is 0. The topological polar surface area (TPSA) is 61.2 Å². The van der Waals surface area contributed by atoms with Crippen LogP contribution in [-0.4, -0.2) is 44.5 Å². The lowest BCUT2D eigenvalue weighted by Crippen LogP contribution is -2.38. The van der Waals surface area contributed by atoms with Gasteiger partial charge in [0.2, 0.25) is 0 Å². The van der Waals surface area contributed by atoms with E-state index in [1.54, 1.807) is 0 Å². The fourth-order valence-corrected chi connectivity index (χ4v) is 4.80. The second-order valence-corrected chi connectivity index (χ2v) is 8.23. The zero-order valence-corrected chi connectivity index (χ0v) is 12.0. The lowest BCUT2D eigenvalue weighted by molar-refractivity contribution is 0.173. The molecule has 0 radical (unpaired) electrons. The van der Waals surface area contributed by atoms with Gasteiger partial charge in [0, 0.05) is 18.8 Å². The molecule has 2 fully saturated rings. The van der Waals surface area contributed by atoms with E-state index < -0.39 is 20.5 Å². The summed E-state index contributed by atoms with van der Waals surface area (Å²) in [5.41, 5.74) is -0.639. The van der Waals surface area contributed by atoms with Gasteiger partial charge in [0.1, 0.15) is 0 Å². The smallest absolute Gasteiger partial charge is 0.151 e. The molecular formula is C13H22N2O2S. The standard InChI is InChI=1S/C13H22N2O2S/c1-15(11-6-4-3-5-7-11)10-13(9-14)8-12(13)18(2,16)17/h11-12H,3-8,10H2,1-2H3. The second-order valence-electron chi connectivity index (χ2n) is 6.00. The molecule has 2 saturated carbocycles. The van der Waals surface area contributed by atoms with Crippen LogP contribution in [0.25, 0.3) is 0 Å². The number of nitriles is 1. The first-order valence-electron chi connectivity index (χ1n) is 6.69. The maximum absolute atomic E-state index is 11.6. The van der Waals surface area contributed by atoms with Gasteiger partial charge in [-0.2, -0.15) is 5.26 Å². The largest absolute Gasteiger partial charge is 0.302 e. The number of sulfone groups is 1. The highest BCUT2D eigenvalue weighted by Gasteiger charge is 2.61. The highest BCUT2D eigenvalue weighted by Crippen LogP contribution is 2.50. The van der Waals surface area contributed by atoms with Gasteiger partial charge in [-0.05, 0) is 26.3 Å². The van der Waals surface area contributed by atoms with E-state index in [9.17, 15) is 13.7 Å². The molecule has 2 aliphatic carbocycles. The molecule has 0 bridgehead atoms. The van der Waals surface area contributed by atoms with Crippen molar-refractivity contribution in [1.82, 2.24) is 4.90 Å². The average molecular weight is 270 g/mol. The molecule has 2 aliphatic rings. The van der Waals surface area contributed by atoms with Gasteiger partial charge in [-0.1, -0.05) is 19.3 Å². The number of hydrogen-bond acceptors (Lipinski definition) is 4. The molecule has 18 heavy (non-hydrogen) atoms. The molecule has 0 spiro atoms. The second kappa shape index (κ2) is 4.82. The summed E-state index contributed by atoms with van der Waals surface area (Å²) in [5.74, 6) is 0. The summed E-state index contributed by atoms with van der Waals surface area (Å²) in [5, 5.41) is 8.85. The minimum absolute atomic E-state index is 0.443. The van der Waals surface area contributed by atoms with Crippen molar-refractivity contribution < 1.29 is 8.42 Å². The molecule has 0 saturated heterocycles. The quantitative estimate of drug-likeness (QED) is 0.778. The Bertz CT molecular complexity index is 448. The SMILES string of the molecule is CN(CC1(C#N)CC1S(C)(=O)=O)C1CCCCC1. The summed E-state index contributed by atoms with van der Waals surface area (Å²) in [6.07, 6.45) is 7.94. The Morgan fingerprint density at radius 1 is 1.33 bits per heavy atom. The predicted molar refractivity (Wildman–Crippen MR) is 70.8 cm³/mol. The number of rotatable bonds is 4. The first kappa shape index (κ1) is 13.8. The Labute approximate surface area is 110 Å². The maximum atomic E-state index is 11.6. The lowest BCUT2D eigenvalue weighted by Gasteiger charge is -2.32. The summed E-state index contributed by atoms with van der Waals surface area (Å²) in [7, 11) is -1.04. The van der Waals surface area contributed by atoms with Crippen LogP contribution in [0.5, 0.6) is 0 Å². The first-order chi connectivity index (χ1) is 8.39. The molecule has 2 atom stereocenters. The molecule has 0 aromatic heterocycles. The summed E-state index contributed by atoms with van der Waals surface area (Å²) < 4.78 is 23.1. The van der Waals surface area contributed by atoms with Crippen LogP contribution in [-0.2, 0) is 9.84 Å². The number of nitrogens with zero attached hydrogens (tertiary/aromatic N) is 2. The third-order valence-corrected chi connectivity index (χ3v) is 6.13. The van der Waals surface area contributed by atoms with Gasteiger partial charge >= 0.3 is 0 Å². The van der Waals surface area contributed by atoms with E-state index in [1.165, 1.54) is 38.4 Å². The van der Waals surface area contributed by atoms with Crippen molar-refractivity contribution in [1.29, 1.82) is 5.26 Å². The van der Waals surface area contributed by atoms with Gasteiger partial charge < -0.3 is 4.90 Å². The van der Waals surface area contributed by atoms with Gasteiger partial charge in [0.25, 0.3) is 0 Å². The highest BCUT2D eigenvalue weighted by molar-refractivity contribution is 7.91. The third kappa shape index (κ3) is 2.70. The van der Waals surface area contributed by atoms with Gasteiger partial charge in [-0.3, -0.25) is 0 Å². The van der Waals surface area contributed by atoms with Crippen LogP contribution < -0.4 is 0 Å². The molecule has 102 valence electrons. The van der Waals surface area contributed by atoms with E-state index in [1.807, 2.05) is 7.05 Å². The molecule has 0 amide bonds. The van der Waals surface area contributed by atoms with Crippen LogP contribution in [0.4, 0.5) is 0 Å². The highest BCUT2D eigenvalue weighted by atomic mass is 32.2. The van der Waals surface area contributed by atoms with Crippen molar-refractivity contribution in [3.63, 3.8) is 0 Å². The maximum Gasteiger partial charge on any atom is 0.151 e. The van der Waals surface area contributed by atoms with E-state index in [0.717, 1.165) is 0 Å². The zero-order chi connectivity index (χ0) is 13.4. The van der Waals surface area contributed by atoms with Gasteiger partial charge in [-0.25, -0.2) is 8.42 Å². The fourth-order valence-electron chi connectivity index (χ4n) is 3.25. The molecular weight excluding hydrogens is 248 g/mol. The Balaban J connectivity index is 1.98. The molecule has 0 heterocycles. The molecule has 5 heteroatoms. The van der Waals surface area contributed by atoms with Crippen LogP contribution >= 0.6 is 0 Å². The molecule has 0 aromatic carbocycles.